The monoisotopic (exact) mass is 571 g/mol. The van der Waals surface area contributed by atoms with Crippen molar-refractivity contribution in [1.82, 2.24) is 0 Å². The fourth-order valence-electron chi connectivity index (χ4n) is 4.57. The summed E-state index contributed by atoms with van der Waals surface area (Å²) in [4.78, 5) is 23.9. The average Bonchev–Trinajstić information content (AvgIpc) is 2.96. The van der Waals surface area contributed by atoms with Gasteiger partial charge in [0.15, 0.2) is 0 Å². The Labute approximate surface area is 247 Å². The molecule has 0 aromatic carbocycles. The van der Waals surface area contributed by atoms with Gasteiger partial charge in [0.05, 0.1) is 13.2 Å². The van der Waals surface area contributed by atoms with E-state index in [9.17, 15) is 9.59 Å². The molecule has 0 amide bonds. The predicted octanol–water partition coefficient (Wildman–Crippen LogP) is 8.06. The highest BCUT2D eigenvalue weighted by atomic mass is 16.6. The summed E-state index contributed by atoms with van der Waals surface area (Å²) >= 11 is 0. The molecule has 0 aliphatic rings. The lowest BCUT2D eigenvalue weighted by Gasteiger charge is -2.12. The molecule has 0 fully saturated rings. The third kappa shape index (κ3) is 29.8. The lowest BCUT2D eigenvalue weighted by molar-refractivity contribution is -0.148. The molecular weight excluding hydrogens is 506 g/mol. The van der Waals surface area contributed by atoms with E-state index in [1.165, 1.54) is 116 Å². The van der Waals surface area contributed by atoms with Crippen LogP contribution in [0.15, 0.2) is 0 Å². The SMILES string of the molecule is CCCCCCCCCCCCOCCOC(=O)CCC(N)C(=O)OCCOCCCCCCCCCCCC. The molecule has 238 valence electrons. The van der Waals surface area contributed by atoms with Gasteiger partial charge in [0, 0.05) is 19.6 Å². The largest absolute Gasteiger partial charge is 0.463 e. The number of hydrogen-bond acceptors (Lipinski definition) is 7. The van der Waals surface area contributed by atoms with Crippen LogP contribution in [0.5, 0.6) is 0 Å². The Bertz CT molecular complexity index is 545. The zero-order chi connectivity index (χ0) is 29.4. The summed E-state index contributed by atoms with van der Waals surface area (Å²) in [5, 5.41) is 0. The Morgan fingerprint density at radius 3 is 1.30 bits per heavy atom. The zero-order valence-electron chi connectivity index (χ0n) is 26.4. The molecule has 1 unspecified atom stereocenters. The van der Waals surface area contributed by atoms with Crippen LogP contribution in [0.2, 0.25) is 0 Å². The summed E-state index contributed by atoms with van der Waals surface area (Å²) in [6.45, 7) is 7.08. The Balaban J connectivity index is 3.40. The predicted molar refractivity (Wildman–Crippen MR) is 164 cm³/mol. The Hall–Kier alpha value is -1.18. The minimum Gasteiger partial charge on any atom is -0.463 e. The van der Waals surface area contributed by atoms with E-state index in [0.29, 0.717) is 26.4 Å². The average molecular weight is 572 g/mol. The molecule has 1 atom stereocenters. The summed E-state index contributed by atoms with van der Waals surface area (Å²) < 4.78 is 21.4. The molecular formula is C33H65NO6. The maximum Gasteiger partial charge on any atom is 0.323 e. The van der Waals surface area contributed by atoms with Crippen molar-refractivity contribution in [2.24, 2.45) is 5.73 Å². The molecule has 7 heteroatoms. The molecule has 40 heavy (non-hydrogen) atoms. The van der Waals surface area contributed by atoms with Crippen LogP contribution in [0.25, 0.3) is 0 Å². The van der Waals surface area contributed by atoms with Gasteiger partial charge in [0.25, 0.3) is 0 Å². The minimum atomic E-state index is -0.831. The molecule has 0 bridgehead atoms. The lowest BCUT2D eigenvalue weighted by Crippen LogP contribution is -2.33. The van der Waals surface area contributed by atoms with Crippen molar-refractivity contribution in [2.75, 3.05) is 39.6 Å². The van der Waals surface area contributed by atoms with Gasteiger partial charge in [-0.2, -0.15) is 0 Å². The number of ether oxygens (including phenoxy) is 4. The number of nitrogens with two attached hydrogens (primary N) is 1. The molecule has 0 spiro atoms. The molecule has 0 saturated heterocycles. The number of esters is 2. The van der Waals surface area contributed by atoms with Gasteiger partial charge < -0.3 is 24.7 Å². The first-order valence-electron chi connectivity index (χ1n) is 16.8. The highest BCUT2D eigenvalue weighted by Crippen LogP contribution is 2.11. The Morgan fingerprint density at radius 1 is 0.500 bits per heavy atom. The number of rotatable bonds is 32. The van der Waals surface area contributed by atoms with Gasteiger partial charge in [-0.3, -0.25) is 9.59 Å². The summed E-state index contributed by atoms with van der Waals surface area (Å²) in [6, 6.07) is -0.831. The number of carbonyl (C=O) groups excluding carboxylic acids is 2. The quantitative estimate of drug-likeness (QED) is 0.0644. The second-order valence-electron chi connectivity index (χ2n) is 11.1. The van der Waals surface area contributed by atoms with E-state index in [4.69, 9.17) is 24.7 Å². The van der Waals surface area contributed by atoms with Gasteiger partial charge in [-0.05, 0) is 19.3 Å². The van der Waals surface area contributed by atoms with E-state index in [1.54, 1.807) is 0 Å². The molecule has 0 aromatic rings. The van der Waals surface area contributed by atoms with E-state index in [0.717, 1.165) is 12.8 Å². The van der Waals surface area contributed by atoms with Crippen molar-refractivity contribution in [3.8, 4) is 0 Å². The van der Waals surface area contributed by atoms with Crippen LogP contribution in [-0.4, -0.2) is 57.6 Å². The zero-order valence-corrected chi connectivity index (χ0v) is 26.4. The first kappa shape index (κ1) is 38.8. The molecule has 0 aromatic heterocycles. The van der Waals surface area contributed by atoms with Crippen molar-refractivity contribution < 1.29 is 28.5 Å². The van der Waals surface area contributed by atoms with Crippen LogP contribution in [0.1, 0.15) is 155 Å². The third-order valence-electron chi connectivity index (χ3n) is 7.21. The van der Waals surface area contributed by atoms with E-state index in [2.05, 4.69) is 13.8 Å². The molecule has 0 aliphatic carbocycles. The molecule has 0 heterocycles. The minimum absolute atomic E-state index is 0.0873. The van der Waals surface area contributed by atoms with Crippen molar-refractivity contribution in [3.63, 3.8) is 0 Å². The Kier molecular flexibility index (Phi) is 31.4. The molecule has 0 radical (unpaired) electrons. The van der Waals surface area contributed by atoms with Crippen molar-refractivity contribution >= 4 is 11.9 Å². The van der Waals surface area contributed by atoms with Crippen LogP contribution in [0.3, 0.4) is 0 Å². The standard InChI is InChI=1S/C33H65NO6/c1-3-5-7-9-11-13-15-17-19-21-25-37-27-29-39-32(35)24-23-31(34)33(36)40-30-28-38-26-22-20-18-16-14-12-10-8-6-4-2/h31H,3-30,34H2,1-2H3. The van der Waals surface area contributed by atoms with E-state index in [-0.39, 0.29) is 32.0 Å². The van der Waals surface area contributed by atoms with Gasteiger partial charge in [-0.25, -0.2) is 0 Å². The van der Waals surface area contributed by atoms with Crippen LogP contribution in [0.4, 0.5) is 0 Å². The van der Waals surface area contributed by atoms with Gasteiger partial charge in [0.1, 0.15) is 19.3 Å². The second kappa shape index (κ2) is 32.3. The molecule has 7 nitrogen and oxygen atoms in total. The highest BCUT2D eigenvalue weighted by molar-refractivity contribution is 5.77. The summed E-state index contributed by atoms with van der Waals surface area (Å²) in [5.74, 6) is -0.874. The van der Waals surface area contributed by atoms with Crippen LogP contribution in [-0.2, 0) is 28.5 Å². The molecule has 0 rings (SSSR count). The van der Waals surface area contributed by atoms with Crippen molar-refractivity contribution in [2.45, 2.75) is 161 Å². The van der Waals surface area contributed by atoms with Gasteiger partial charge >= 0.3 is 11.9 Å². The number of hydrogen-bond donors (Lipinski definition) is 1. The Morgan fingerprint density at radius 2 is 0.875 bits per heavy atom. The fraction of sp³-hybridized carbons (Fsp3) is 0.939. The maximum absolute atomic E-state index is 12.0. The number of carbonyl (C=O) groups is 2. The fourth-order valence-corrected chi connectivity index (χ4v) is 4.57. The molecule has 0 saturated carbocycles. The van der Waals surface area contributed by atoms with Crippen LogP contribution < -0.4 is 5.73 Å². The van der Waals surface area contributed by atoms with Crippen LogP contribution >= 0.6 is 0 Å². The first-order chi connectivity index (χ1) is 19.6. The molecule has 0 aliphatic heterocycles. The summed E-state index contributed by atoms with van der Waals surface area (Å²) in [5.41, 5.74) is 5.85. The normalized spacial score (nSPS) is 12.0. The topological polar surface area (TPSA) is 97.1 Å². The maximum atomic E-state index is 12.0. The van der Waals surface area contributed by atoms with Crippen molar-refractivity contribution in [3.05, 3.63) is 0 Å². The van der Waals surface area contributed by atoms with Gasteiger partial charge in [-0.1, -0.05) is 129 Å². The first-order valence-corrected chi connectivity index (χ1v) is 16.8. The second-order valence-corrected chi connectivity index (χ2v) is 11.1. The van der Waals surface area contributed by atoms with E-state index >= 15 is 0 Å². The third-order valence-corrected chi connectivity index (χ3v) is 7.21. The van der Waals surface area contributed by atoms with Gasteiger partial charge in [0.2, 0.25) is 0 Å². The summed E-state index contributed by atoms with van der Waals surface area (Å²) in [6.07, 6.45) is 26.1. The lowest BCUT2D eigenvalue weighted by atomic mass is 10.1. The van der Waals surface area contributed by atoms with E-state index in [1.807, 2.05) is 0 Å². The number of unbranched alkanes of at least 4 members (excludes halogenated alkanes) is 18. The summed E-state index contributed by atoms with van der Waals surface area (Å²) in [7, 11) is 0. The van der Waals surface area contributed by atoms with Crippen LogP contribution in [0, 0.1) is 0 Å². The van der Waals surface area contributed by atoms with Gasteiger partial charge in [-0.15, -0.1) is 0 Å². The highest BCUT2D eigenvalue weighted by Gasteiger charge is 2.17. The smallest absolute Gasteiger partial charge is 0.323 e. The van der Waals surface area contributed by atoms with E-state index < -0.39 is 12.0 Å². The van der Waals surface area contributed by atoms with Crippen molar-refractivity contribution in [1.29, 1.82) is 0 Å². The molecule has 2 N–H and O–H groups in total.